The predicted octanol–water partition coefficient (Wildman–Crippen LogP) is 2.59. The molecule has 0 spiro atoms. The van der Waals surface area contributed by atoms with Gasteiger partial charge in [-0.15, -0.1) is 0 Å². The summed E-state index contributed by atoms with van der Waals surface area (Å²) in [7, 11) is 0. The van der Waals surface area contributed by atoms with Gasteiger partial charge in [0.2, 0.25) is 0 Å². The van der Waals surface area contributed by atoms with Crippen molar-refractivity contribution in [2.75, 3.05) is 6.54 Å². The topological polar surface area (TPSA) is 89.5 Å². The van der Waals surface area contributed by atoms with Crippen molar-refractivity contribution in [2.24, 2.45) is 5.73 Å². The molecule has 1 heterocycles. The Kier molecular flexibility index (Phi) is 4.80. The Morgan fingerprint density at radius 1 is 1.48 bits per heavy atom. The number of hydrogen-bond acceptors (Lipinski definition) is 4. The average molecular weight is 312 g/mol. The van der Waals surface area contributed by atoms with Crippen molar-refractivity contribution in [2.45, 2.75) is 38.3 Å². The quantitative estimate of drug-likeness (QED) is 0.686. The minimum atomic E-state index is -0.553. The number of halogens is 1. The first-order valence-corrected chi connectivity index (χ1v) is 7.29. The van der Waals surface area contributed by atoms with Crippen LogP contribution in [0.25, 0.3) is 0 Å². The Morgan fingerprint density at radius 2 is 2.19 bits per heavy atom. The number of nitrogens with zero attached hydrogens (tertiary/aromatic N) is 2. The van der Waals surface area contributed by atoms with E-state index in [4.69, 9.17) is 17.3 Å². The first-order chi connectivity index (χ1) is 9.93. The van der Waals surface area contributed by atoms with Gasteiger partial charge in [-0.05, 0) is 32.3 Å². The van der Waals surface area contributed by atoms with Gasteiger partial charge in [-0.2, -0.15) is 0 Å². The molecule has 1 saturated heterocycles. The zero-order valence-electron chi connectivity index (χ0n) is 11.8. The number of rotatable bonds is 3. The third-order valence-electron chi connectivity index (χ3n) is 3.87. The molecule has 0 bridgehead atoms. The second-order valence-corrected chi connectivity index (χ2v) is 5.77. The van der Waals surface area contributed by atoms with E-state index in [1.54, 1.807) is 4.90 Å². The summed E-state index contributed by atoms with van der Waals surface area (Å²) in [5.74, 6) is -0.247. The molecule has 1 aromatic rings. The standard InChI is InChI=1S/C14H18ClN3O3/c1-9-3-2-4-12(8-16)17(9)14(19)10-5-11(15)7-13(6-10)18(20)21/h5-7,9,12H,2-4,8,16H2,1H3. The lowest BCUT2D eigenvalue weighted by atomic mass is 9.95. The van der Waals surface area contributed by atoms with Crippen molar-refractivity contribution < 1.29 is 9.72 Å². The van der Waals surface area contributed by atoms with E-state index in [0.29, 0.717) is 6.54 Å². The highest BCUT2D eigenvalue weighted by Gasteiger charge is 2.32. The van der Waals surface area contributed by atoms with Gasteiger partial charge >= 0.3 is 0 Å². The van der Waals surface area contributed by atoms with Crippen molar-refractivity contribution in [3.05, 3.63) is 38.9 Å². The van der Waals surface area contributed by atoms with E-state index in [1.165, 1.54) is 18.2 Å². The lowest BCUT2D eigenvalue weighted by molar-refractivity contribution is -0.384. The third kappa shape index (κ3) is 3.33. The molecule has 1 aromatic carbocycles. The summed E-state index contributed by atoms with van der Waals surface area (Å²) < 4.78 is 0. The molecule has 1 fully saturated rings. The van der Waals surface area contributed by atoms with Gasteiger partial charge < -0.3 is 10.6 Å². The van der Waals surface area contributed by atoms with Gasteiger partial charge in [-0.1, -0.05) is 11.6 Å². The number of carbonyl (C=O) groups is 1. The maximum Gasteiger partial charge on any atom is 0.271 e. The first kappa shape index (κ1) is 15.7. The molecule has 2 rings (SSSR count). The first-order valence-electron chi connectivity index (χ1n) is 6.91. The molecule has 7 heteroatoms. The van der Waals surface area contributed by atoms with Crippen molar-refractivity contribution in [1.29, 1.82) is 0 Å². The van der Waals surface area contributed by atoms with Crippen molar-refractivity contribution in [1.82, 2.24) is 4.90 Å². The van der Waals surface area contributed by atoms with Gasteiger partial charge in [-0.25, -0.2) is 0 Å². The van der Waals surface area contributed by atoms with E-state index in [1.807, 2.05) is 6.92 Å². The molecule has 6 nitrogen and oxygen atoms in total. The molecule has 2 N–H and O–H groups in total. The molecule has 2 atom stereocenters. The zero-order chi connectivity index (χ0) is 15.6. The number of piperidine rings is 1. The van der Waals surface area contributed by atoms with Crippen LogP contribution < -0.4 is 5.73 Å². The predicted molar refractivity (Wildman–Crippen MR) is 80.4 cm³/mol. The average Bonchev–Trinajstić information content (AvgIpc) is 2.45. The van der Waals surface area contributed by atoms with Crippen LogP contribution in [0.1, 0.15) is 36.5 Å². The molecule has 1 aliphatic rings. The summed E-state index contributed by atoms with van der Waals surface area (Å²) in [6, 6.07) is 4.00. The Balaban J connectivity index is 2.36. The Hall–Kier alpha value is -1.66. The second-order valence-electron chi connectivity index (χ2n) is 5.34. The van der Waals surface area contributed by atoms with Crippen LogP contribution in [-0.2, 0) is 0 Å². The highest BCUT2D eigenvalue weighted by molar-refractivity contribution is 6.31. The van der Waals surface area contributed by atoms with E-state index in [2.05, 4.69) is 0 Å². The molecule has 114 valence electrons. The maximum absolute atomic E-state index is 12.7. The van der Waals surface area contributed by atoms with Crippen LogP contribution in [0.15, 0.2) is 18.2 Å². The maximum atomic E-state index is 12.7. The van der Waals surface area contributed by atoms with Crippen LogP contribution >= 0.6 is 11.6 Å². The smallest absolute Gasteiger partial charge is 0.271 e. The van der Waals surface area contributed by atoms with Crippen LogP contribution in [0.2, 0.25) is 5.02 Å². The number of nitro groups is 1. The van der Waals surface area contributed by atoms with Gasteiger partial charge in [0, 0.05) is 41.3 Å². The SMILES string of the molecule is CC1CCCC(CN)N1C(=O)c1cc(Cl)cc([N+](=O)[O-])c1. The number of carbonyl (C=O) groups excluding carboxylic acids is 1. The molecule has 1 aliphatic heterocycles. The molecule has 1 amide bonds. The van der Waals surface area contributed by atoms with E-state index in [-0.39, 0.29) is 34.3 Å². The van der Waals surface area contributed by atoms with E-state index in [9.17, 15) is 14.9 Å². The number of benzene rings is 1. The third-order valence-corrected chi connectivity index (χ3v) is 4.09. The van der Waals surface area contributed by atoms with Crippen molar-refractivity contribution in [3.63, 3.8) is 0 Å². The van der Waals surface area contributed by atoms with Crippen LogP contribution in [-0.4, -0.2) is 34.4 Å². The Morgan fingerprint density at radius 3 is 2.81 bits per heavy atom. The van der Waals surface area contributed by atoms with Gasteiger partial charge in [-0.3, -0.25) is 14.9 Å². The van der Waals surface area contributed by atoms with E-state index < -0.39 is 4.92 Å². The van der Waals surface area contributed by atoms with Crippen LogP contribution in [0.5, 0.6) is 0 Å². The number of amides is 1. The molecule has 2 unspecified atom stereocenters. The normalized spacial score (nSPS) is 22.1. The molecule has 0 saturated carbocycles. The number of nitro benzene ring substituents is 1. The molecule has 0 aromatic heterocycles. The Bertz CT molecular complexity index is 564. The monoisotopic (exact) mass is 311 g/mol. The van der Waals surface area contributed by atoms with Crippen molar-refractivity contribution >= 4 is 23.2 Å². The number of non-ortho nitro benzene ring substituents is 1. The summed E-state index contributed by atoms with van der Waals surface area (Å²) in [5.41, 5.74) is 5.81. The number of nitrogens with two attached hydrogens (primary N) is 1. The summed E-state index contributed by atoms with van der Waals surface area (Å²) in [5, 5.41) is 11.1. The molecular weight excluding hydrogens is 294 g/mol. The fourth-order valence-corrected chi connectivity index (χ4v) is 3.07. The number of hydrogen-bond donors (Lipinski definition) is 1. The van der Waals surface area contributed by atoms with Gasteiger partial charge in [0.1, 0.15) is 0 Å². The lowest BCUT2D eigenvalue weighted by Gasteiger charge is -2.40. The van der Waals surface area contributed by atoms with Crippen LogP contribution in [0, 0.1) is 10.1 Å². The van der Waals surface area contributed by atoms with Gasteiger partial charge in [0.15, 0.2) is 0 Å². The second kappa shape index (κ2) is 6.41. The summed E-state index contributed by atoms with van der Waals surface area (Å²) in [6.07, 6.45) is 2.79. The van der Waals surface area contributed by atoms with E-state index in [0.717, 1.165) is 19.3 Å². The highest BCUT2D eigenvalue weighted by Crippen LogP contribution is 2.27. The fourth-order valence-electron chi connectivity index (χ4n) is 2.84. The van der Waals surface area contributed by atoms with E-state index >= 15 is 0 Å². The highest BCUT2D eigenvalue weighted by atomic mass is 35.5. The zero-order valence-corrected chi connectivity index (χ0v) is 12.5. The minimum Gasteiger partial charge on any atom is -0.332 e. The van der Waals surface area contributed by atoms with Crippen molar-refractivity contribution in [3.8, 4) is 0 Å². The molecular formula is C14H18ClN3O3. The number of likely N-dealkylation sites (tertiary alicyclic amines) is 1. The summed E-state index contributed by atoms with van der Waals surface area (Å²) in [4.78, 5) is 24.8. The lowest BCUT2D eigenvalue weighted by Crippen LogP contribution is -2.51. The van der Waals surface area contributed by atoms with Gasteiger partial charge in [0.05, 0.1) is 4.92 Å². The van der Waals surface area contributed by atoms with Crippen LogP contribution in [0.3, 0.4) is 0 Å². The Labute approximate surface area is 128 Å². The minimum absolute atomic E-state index is 0.0284. The largest absolute Gasteiger partial charge is 0.332 e. The van der Waals surface area contributed by atoms with Crippen LogP contribution in [0.4, 0.5) is 5.69 Å². The molecule has 0 aliphatic carbocycles. The molecule has 0 radical (unpaired) electrons. The fraction of sp³-hybridized carbons (Fsp3) is 0.500. The van der Waals surface area contributed by atoms with Gasteiger partial charge in [0.25, 0.3) is 11.6 Å². The summed E-state index contributed by atoms with van der Waals surface area (Å²) >= 11 is 5.88. The molecule has 21 heavy (non-hydrogen) atoms. The summed E-state index contributed by atoms with van der Waals surface area (Å²) in [6.45, 7) is 2.36.